The van der Waals surface area contributed by atoms with E-state index in [9.17, 15) is 64.0 Å². The van der Waals surface area contributed by atoms with Crippen LogP contribution in [0.4, 0.5) is 39.5 Å². The number of amides is 4. The van der Waals surface area contributed by atoms with Crippen molar-refractivity contribution in [3.05, 3.63) is 0 Å². The van der Waals surface area contributed by atoms with Gasteiger partial charge in [0.25, 0.3) is 0 Å². The Morgan fingerprint density at radius 2 is 1.67 bits per heavy atom. The molecule has 2 saturated heterocycles. The molecule has 1 saturated carbocycles. The summed E-state index contributed by atoms with van der Waals surface area (Å²) >= 11 is 0. The third kappa shape index (κ3) is 6.23. The number of fused-ring (bicyclic) bond motifs is 1. The van der Waals surface area contributed by atoms with E-state index in [-0.39, 0.29) is 31.0 Å². The van der Waals surface area contributed by atoms with Crippen LogP contribution < -0.4 is 10.6 Å². The van der Waals surface area contributed by atoms with Crippen molar-refractivity contribution in [3.63, 3.8) is 0 Å². The van der Waals surface area contributed by atoms with E-state index in [1.807, 2.05) is 19.9 Å². The van der Waals surface area contributed by atoms with E-state index < -0.39 is 82.3 Å². The van der Waals surface area contributed by atoms with Crippen LogP contribution in [0.15, 0.2) is 4.99 Å². The van der Waals surface area contributed by atoms with Crippen molar-refractivity contribution in [1.82, 2.24) is 15.5 Å². The summed E-state index contributed by atoms with van der Waals surface area (Å²) in [6.07, 6.45) is -6.55. The predicted molar refractivity (Wildman–Crippen MR) is 137 cm³/mol. The minimum absolute atomic E-state index is 0.0160. The van der Waals surface area contributed by atoms with Crippen LogP contribution in [-0.4, -0.2) is 83.9 Å². The van der Waals surface area contributed by atoms with Gasteiger partial charge in [-0.05, 0) is 35.5 Å². The molecular formula is C27H32F9N5O4. The highest BCUT2D eigenvalue weighted by Crippen LogP contribution is 2.65. The van der Waals surface area contributed by atoms with E-state index in [0.717, 1.165) is 4.90 Å². The summed E-state index contributed by atoms with van der Waals surface area (Å²) in [5.74, 6) is -29.5. The van der Waals surface area contributed by atoms with E-state index in [1.54, 1.807) is 0 Å². The first-order valence-corrected chi connectivity index (χ1v) is 13.8. The first kappa shape index (κ1) is 36.1. The molecule has 0 aromatic heterocycles. The molecule has 4 amide bonds. The summed E-state index contributed by atoms with van der Waals surface area (Å²) in [4.78, 5) is 54.7. The van der Waals surface area contributed by atoms with Gasteiger partial charge in [0.15, 0.2) is 0 Å². The van der Waals surface area contributed by atoms with Crippen LogP contribution >= 0.6 is 0 Å². The van der Waals surface area contributed by atoms with E-state index in [1.165, 1.54) is 20.8 Å². The maximum Gasteiger partial charge on any atom is 0.460 e. The van der Waals surface area contributed by atoms with Crippen molar-refractivity contribution in [2.75, 3.05) is 13.1 Å². The standard InChI is InChI=1S/C27H32F9N5O4/c1-22(2,3)14(10-39-21(45)24(28,29)25(30,31)26(32,33)27(34,35)36)20(44)41-11-15-16(23(15,4)5)17(41)19(43)40-13(9-37)8-12-6-7-38-18(12)42/h10,12-17H,6-8,11H2,1-5H3,(H,38,42)(H,40,43)/b39-10+/t12-,13-,14?,15-,16?,17-/m0/s1. The Balaban J connectivity index is 1.87. The number of halogens is 9. The Kier molecular flexibility index (Phi) is 9.18. The highest BCUT2D eigenvalue weighted by Gasteiger charge is 2.84. The number of hydrogen-bond acceptors (Lipinski definition) is 5. The Morgan fingerprint density at radius 1 is 1.09 bits per heavy atom. The lowest BCUT2D eigenvalue weighted by atomic mass is 9.80. The quantitative estimate of drug-likeness (QED) is 0.287. The van der Waals surface area contributed by atoms with Gasteiger partial charge in [0.05, 0.1) is 12.0 Å². The second-order valence-corrected chi connectivity index (χ2v) is 13.2. The summed E-state index contributed by atoms with van der Waals surface area (Å²) < 4.78 is 120. The Labute approximate surface area is 251 Å². The number of aliphatic imine (C=N–C) groups is 1. The SMILES string of the molecule is CC(C)(C)C(/C=N/C(=O)C(F)(F)C(F)(F)C(F)(F)C(F)(F)F)C(=O)N1C[C@H]2C([C@H]1C(=O)N[C@H](C#N)C[C@@H]1CCNC1=O)C2(C)C. The maximum atomic E-state index is 14.1. The van der Waals surface area contributed by atoms with Gasteiger partial charge >= 0.3 is 29.9 Å². The smallest absolute Gasteiger partial charge is 0.356 e. The van der Waals surface area contributed by atoms with Crippen LogP contribution in [0.25, 0.3) is 0 Å². The van der Waals surface area contributed by atoms with Crippen LogP contribution in [-0.2, 0) is 19.2 Å². The molecule has 0 aromatic carbocycles. The number of hydrogen-bond donors (Lipinski definition) is 2. The van der Waals surface area contributed by atoms with E-state index in [0.29, 0.717) is 13.0 Å². The third-order valence-corrected chi connectivity index (χ3v) is 8.87. The molecule has 9 nitrogen and oxygen atoms in total. The molecule has 2 N–H and O–H groups in total. The summed E-state index contributed by atoms with van der Waals surface area (Å²) in [5.41, 5.74) is -1.78. The number of nitriles is 1. The van der Waals surface area contributed by atoms with Crippen molar-refractivity contribution in [2.45, 2.75) is 83.5 Å². The topological polar surface area (TPSA) is 132 Å². The fraction of sp³-hybridized carbons (Fsp3) is 0.778. The average Bonchev–Trinajstić information content (AvgIpc) is 3.24. The lowest BCUT2D eigenvalue weighted by Crippen LogP contribution is -2.63. The lowest BCUT2D eigenvalue weighted by Gasteiger charge is -2.36. The fourth-order valence-electron chi connectivity index (χ4n) is 5.94. The van der Waals surface area contributed by atoms with Gasteiger partial charge in [0.1, 0.15) is 12.1 Å². The van der Waals surface area contributed by atoms with Crippen molar-refractivity contribution < 1.29 is 58.7 Å². The van der Waals surface area contributed by atoms with Gasteiger partial charge < -0.3 is 15.5 Å². The lowest BCUT2D eigenvalue weighted by molar-refractivity contribution is -0.388. The molecule has 3 fully saturated rings. The molecular weight excluding hydrogens is 629 g/mol. The Morgan fingerprint density at radius 3 is 2.13 bits per heavy atom. The molecule has 45 heavy (non-hydrogen) atoms. The highest BCUT2D eigenvalue weighted by molar-refractivity contribution is 6.01. The van der Waals surface area contributed by atoms with Gasteiger partial charge in [-0.15, -0.1) is 0 Å². The zero-order valence-corrected chi connectivity index (χ0v) is 24.7. The number of carbonyl (C=O) groups excluding carboxylic acids is 4. The van der Waals surface area contributed by atoms with Crippen LogP contribution in [0.3, 0.4) is 0 Å². The highest BCUT2D eigenvalue weighted by atomic mass is 19.4. The summed E-state index contributed by atoms with van der Waals surface area (Å²) in [6, 6.07) is -0.458. The monoisotopic (exact) mass is 661 g/mol. The van der Waals surface area contributed by atoms with Gasteiger partial charge in [-0.3, -0.25) is 19.2 Å². The van der Waals surface area contributed by atoms with E-state index >= 15 is 0 Å². The molecule has 1 aliphatic carbocycles. The fourth-order valence-corrected chi connectivity index (χ4v) is 5.94. The minimum Gasteiger partial charge on any atom is -0.356 e. The molecule has 0 spiro atoms. The Bertz CT molecular complexity index is 1300. The molecule has 0 bridgehead atoms. The second kappa shape index (κ2) is 11.4. The number of nitrogens with one attached hydrogen (secondary N) is 2. The van der Waals surface area contributed by atoms with Crippen molar-refractivity contribution in [1.29, 1.82) is 5.26 Å². The molecule has 2 aliphatic heterocycles. The summed E-state index contributed by atoms with van der Waals surface area (Å²) in [7, 11) is 0. The van der Waals surface area contributed by atoms with Crippen LogP contribution in [0, 0.1) is 45.8 Å². The van der Waals surface area contributed by atoms with Crippen LogP contribution in [0.1, 0.15) is 47.5 Å². The summed E-state index contributed by atoms with van der Waals surface area (Å²) in [5, 5.41) is 14.7. The zero-order valence-electron chi connectivity index (χ0n) is 24.7. The van der Waals surface area contributed by atoms with Crippen molar-refractivity contribution in [3.8, 4) is 6.07 Å². The van der Waals surface area contributed by atoms with E-state index in [2.05, 4.69) is 15.6 Å². The largest absolute Gasteiger partial charge is 0.460 e. The van der Waals surface area contributed by atoms with Gasteiger partial charge in [0.2, 0.25) is 17.7 Å². The number of carbonyl (C=O) groups is 4. The maximum absolute atomic E-state index is 14.1. The Hall–Kier alpha value is -3.39. The zero-order chi connectivity index (χ0) is 34.7. The molecule has 18 heteroatoms. The van der Waals surface area contributed by atoms with Crippen LogP contribution in [0.5, 0.6) is 0 Å². The number of piperidine rings is 1. The molecule has 252 valence electrons. The molecule has 0 aromatic rings. The average molecular weight is 662 g/mol. The molecule has 3 aliphatic rings. The number of alkyl halides is 9. The number of nitrogens with zero attached hydrogens (tertiary/aromatic N) is 3. The molecule has 2 unspecified atom stereocenters. The molecule has 6 atom stereocenters. The number of likely N-dealkylation sites (tertiary alicyclic amines) is 1. The van der Waals surface area contributed by atoms with Crippen LogP contribution in [0.2, 0.25) is 0 Å². The predicted octanol–water partition coefficient (Wildman–Crippen LogP) is 3.73. The molecule has 0 radical (unpaired) electrons. The number of rotatable bonds is 9. The van der Waals surface area contributed by atoms with Crippen molar-refractivity contribution >= 4 is 29.8 Å². The van der Waals surface area contributed by atoms with E-state index in [4.69, 9.17) is 0 Å². The molecule has 3 rings (SSSR count). The first-order chi connectivity index (χ1) is 20.2. The van der Waals surface area contributed by atoms with Crippen molar-refractivity contribution in [2.24, 2.45) is 39.5 Å². The summed E-state index contributed by atoms with van der Waals surface area (Å²) in [6.45, 7) is 7.98. The van der Waals surface area contributed by atoms with Gasteiger partial charge in [-0.2, -0.15) is 44.8 Å². The van der Waals surface area contributed by atoms with Gasteiger partial charge in [0, 0.05) is 25.2 Å². The third-order valence-electron chi connectivity index (χ3n) is 8.87. The minimum atomic E-state index is -7.30. The molecule has 2 heterocycles. The normalized spacial score (nSPS) is 26.6. The van der Waals surface area contributed by atoms with Gasteiger partial charge in [-0.1, -0.05) is 34.6 Å². The second-order valence-electron chi connectivity index (χ2n) is 13.2. The first-order valence-electron chi connectivity index (χ1n) is 13.8. The van der Waals surface area contributed by atoms with Gasteiger partial charge in [-0.25, -0.2) is 4.99 Å².